The van der Waals surface area contributed by atoms with Crippen LogP contribution in [0.4, 0.5) is 4.39 Å². The highest BCUT2D eigenvalue weighted by Crippen LogP contribution is 2.26. The van der Waals surface area contributed by atoms with Gasteiger partial charge in [0.1, 0.15) is 6.07 Å². The molecule has 0 radical (unpaired) electrons. The number of aryl methyl sites for hydroxylation is 1. The Morgan fingerprint density at radius 1 is 1.57 bits per heavy atom. The average Bonchev–Trinajstić information content (AvgIpc) is 3.04. The van der Waals surface area contributed by atoms with E-state index in [9.17, 15) is 9.18 Å². The van der Waals surface area contributed by atoms with Gasteiger partial charge in [0.25, 0.3) is 0 Å². The van der Waals surface area contributed by atoms with E-state index < -0.39 is 5.67 Å². The van der Waals surface area contributed by atoms with E-state index >= 15 is 0 Å². The van der Waals surface area contributed by atoms with Gasteiger partial charge in [0, 0.05) is 30.1 Å². The third-order valence-corrected chi connectivity index (χ3v) is 4.04. The first kappa shape index (κ1) is 13.6. The monoisotopic (exact) mass is 285 g/mol. The molecular weight excluding hydrogens is 269 g/mol. The number of benzene rings is 1. The summed E-state index contributed by atoms with van der Waals surface area (Å²) < 4.78 is 13.9. The first-order valence-corrected chi connectivity index (χ1v) is 6.95. The molecule has 1 amide bonds. The second-order valence-corrected chi connectivity index (χ2v) is 5.68. The Bertz CT molecular complexity index is 746. The maximum atomic E-state index is 13.9. The van der Waals surface area contributed by atoms with E-state index in [-0.39, 0.29) is 25.3 Å². The summed E-state index contributed by atoms with van der Waals surface area (Å²) in [5.41, 5.74) is 1.17. The summed E-state index contributed by atoms with van der Waals surface area (Å²) in [6.45, 7) is 2.20. The normalized spacial score (nSPS) is 21.7. The lowest BCUT2D eigenvalue weighted by atomic mass is 10.1. The molecule has 0 saturated carbocycles. The van der Waals surface area contributed by atoms with Crippen LogP contribution in [0.1, 0.15) is 17.5 Å². The first-order valence-electron chi connectivity index (χ1n) is 6.95. The third kappa shape index (κ3) is 2.49. The zero-order valence-electron chi connectivity index (χ0n) is 11.8. The van der Waals surface area contributed by atoms with Gasteiger partial charge in [0.2, 0.25) is 11.6 Å². The lowest BCUT2D eigenvalue weighted by Crippen LogP contribution is -2.33. The lowest BCUT2D eigenvalue weighted by molar-refractivity contribution is -0.129. The fourth-order valence-corrected chi connectivity index (χ4v) is 2.80. The van der Waals surface area contributed by atoms with Crippen LogP contribution in [0.25, 0.3) is 10.9 Å². The molecule has 1 aliphatic heterocycles. The van der Waals surface area contributed by atoms with Gasteiger partial charge in [0.05, 0.1) is 13.0 Å². The number of H-pyrrole nitrogens is 1. The molecule has 0 bridgehead atoms. The largest absolute Gasteiger partial charge is 0.361 e. The summed E-state index contributed by atoms with van der Waals surface area (Å²) in [7, 11) is 0. The maximum Gasteiger partial charge on any atom is 0.227 e. The number of nitrogens with zero attached hydrogens (tertiary/aromatic N) is 2. The number of aromatic nitrogens is 1. The number of carbonyl (C=O) groups is 1. The second kappa shape index (κ2) is 4.88. The second-order valence-electron chi connectivity index (χ2n) is 5.68. The summed E-state index contributed by atoms with van der Waals surface area (Å²) in [6.07, 6.45) is 2.15. The Morgan fingerprint density at radius 3 is 3.10 bits per heavy atom. The Morgan fingerprint density at radius 2 is 2.38 bits per heavy atom. The minimum Gasteiger partial charge on any atom is -0.361 e. The molecule has 1 aliphatic rings. The molecule has 4 nitrogen and oxygen atoms in total. The third-order valence-electron chi connectivity index (χ3n) is 4.04. The van der Waals surface area contributed by atoms with Gasteiger partial charge in [-0.2, -0.15) is 5.26 Å². The van der Waals surface area contributed by atoms with E-state index in [1.807, 2.05) is 31.3 Å². The minimum atomic E-state index is -1.88. The van der Waals surface area contributed by atoms with Crippen molar-refractivity contribution in [1.29, 1.82) is 5.26 Å². The lowest BCUT2D eigenvalue weighted by Gasteiger charge is -2.16. The Kier molecular flexibility index (Phi) is 3.17. The molecule has 3 rings (SSSR count). The van der Waals surface area contributed by atoms with Crippen molar-refractivity contribution >= 4 is 16.8 Å². The predicted molar refractivity (Wildman–Crippen MR) is 77.4 cm³/mol. The number of hydrogen-bond acceptors (Lipinski definition) is 2. The van der Waals surface area contributed by atoms with Crippen LogP contribution in [0.2, 0.25) is 0 Å². The van der Waals surface area contributed by atoms with E-state index in [2.05, 4.69) is 4.98 Å². The van der Waals surface area contributed by atoms with Gasteiger partial charge in [-0.3, -0.25) is 4.79 Å². The Hall–Kier alpha value is -2.35. The van der Waals surface area contributed by atoms with Crippen molar-refractivity contribution in [3.63, 3.8) is 0 Å². The van der Waals surface area contributed by atoms with E-state index in [0.29, 0.717) is 6.54 Å². The number of amides is 1. The fourth-order valence-electron chi connectivity index (χ4n) is 2.80. The predicted octanol–water partition coefficient (Wildman–Crippen LogP) is 2.48. The van der Waals surface area contributed by atoms with E-state index in [4.69, 9.17) is 5.26 Å². The van der Waals surface area contributed by atoms with Gasteiger partial charge in [0.15, 0.2) is 0 Å². The van der Waals surface area contributed by atoms with Gasteiger partial charge >= 0.3 is 0 Å². The molecule has 1 aromatic heterocycles. The summed E-state index contributed by atoms with van der Waals surface area (Å²) >= 11 is 0. The number of nitriles is 1. The molecule has 1 aromatic carbocycles. The SMILES string of the molecule is Cc1ccc2c(CC(=O)N3CCC(F)(C#N)C3)c[nH]c2c1. The standard InChI is InChI=1S/C16H16FN3O/c1-11-2-3-13-12(8-19-14(13)6-11)7-15(21)20-5-4-16(17,9-18)10-20/h2-3,6,8,19H,4-5,7,10H2,1H3. The highest BCUT2D eigenvalue weighted by molar-refractivity contribution is 5.89. The van der Waals surface area contributed by atoms with Crippen LogP contribution in [-0.4, -0.2) is 34.5 Å². The molecule has 1 unspecified atom stereocenters. The van der Waals surface area contributed by atoms with Crippen LogP contribution in [0.15, 0.2) is 24.4 Å². The molecule has 0 spiro atoms. The highest BCUT2D eigenvalue weighted by Gasteiger charge is 2.40. The number of rotatable bonds is 2. The summed E-state index contributed by atoms with van der Waals surface area (Å²) in [6, 6.07) is 7.67. The molecule has 1 atom stereocenters. The number of fused-ring (bicyclic) bond motifs is 1. The van der Waals surface area contributed by atoms with Crippen LogP contribution in [0.5, 0.6) is 0 Å². The molecular formula is C16H16FN3O. The van der Waals surface area contributed by atoms with Gasteiger partial charge in [-0.1, -0.05) is 12.1 Å². The zero-order valence-corrected chi connectivity index (χ0v) is 11.8. The molecule has 2 aromatic rings. The molecule has 5 heteroatoms. The zero-order chi connectivity index (χ0) is 15.0. The summed E-state index contributed by atoms with van der Waals surface area (Å²) in [4.78, 5) is 16.9. The molecule has 21 heavy (non-hydrogen) atoms. The first-order chi connectivity index (χ1) is 10.0. The smallest absolute Gasteiger partial charge is 0.227 e. The number of likely N-dealkylation sites (tertiary alicyclic amines) is 1. The van der Waals surface area contributed by atoms with Gasteiger partial charge in [-0.05, 0) is 24.1 Å². The van der Waals surface area contributed by atoms with E-state index in [0.717, 1.165) is 22.0 Å². The van der Waals surface area contributed by atoms with Crippen molar-refractivity contribution in [2.75, 3.05) is 13.1 Å². The van der Waals surface area contributed by atoms with E-state index in [1.165, 1.54) is 4.90 Å². The fraction of sp³-hybridized carbons (Fsp3) is 0.375. The number of halogens is 1. The Balaban J connectivity index is 1.77. The summed E-state index contributed by atoms with van der Waals surface area (Å²) in [5.74, 6) is -0.133. The van der Waals surface area contributed by atoms with Crippen molar-refractivity contribution in [2.24, 2.45) is 0 Å². The van der Waals surface area contributed by atoms with Crippen molar-refractivity contribution in [1.82, 2.24) is 9.88 Å². The summed E-state index contributed by atoms with van der Waals surface area (Å²) in [5, 5.41) is 9.79. The van der Waals surface area contributed by atoms with Crippen molar-refractivity contribution in [3.05, 3.63) is 35.5 Å². The van der Waals surface area contributed by atoms with Crippen LogP contribution < -0.4 is 0 Å². The van der Waals surface area contributed by atoms with Crippen LogP contribution in [-0.2, 0) is 11.2 Å². The number of nitrogens with one attached hydrogen (secondary N) is 1. The van der Waals surface area contributed by atoms with Crippen molar-refractivity contribution in [2.45, 2.75) is 25.4 Å². The maximum absolute atomic E-state index is 13.9. The number of aromatic amines is 1. The van der Waals surface area contributed by atoms with Gasteiger partial charge in [-0.25, -0.2) is 4.39 Å². The molecule has 108 valence electrons. The van der Waals surface area contributed by atoms with Crippen LogP contribution in [0.3, 0.4) is 0 Å². The van der Waals surface area contributed by atoms with E-state index in [1.54, 1.807) is 6.07 Å². The molecule has 1 fully saturated rings. The minimum absolute atomic E-state index is 0.0995. The van der Waals surface area contributed by atoms with Crippen LogP contribution in [0, 0.1) is 18.3 Å². The number of alkyl halides is 1. The topological polar surface area (TPSA) is 59.9 Å². The average molecular weight is 285 g/mol. The van der Waals surface area contributed by atoms with Gasteiger partial charge < -0.3 is 9.88 Å². The number of hydrogen-bond donors (Lipinski definition) is 1. The highest BCUT2D eigenvalue weighted by atomic mass is 19.1. The van der Waals surface area contributed by atoms with Crippen molar-refractivity contribution in [3.8, 4) is 6.07 Å². The quantitative estimate of drug-likeness (QED) is 0.921. The molecule has 0 aliphatic carbocycles. The molecule has 2 heterocycles. The molecule has 1 saturated heterocycles. The number of carbonyl (C=O) groups excluding carboxylic acids is 1. The van der Waals surface area contributed by atoms with Crippen molar-refractivity contribution < 1.29 is 9.18 Å². The van der Waals surface area contributed by atoms with Gasteiger partial charge in [-0.15, -0.1) is 0 Å². The molecule has 1 N–H and O–H groups in total. The van der Waals surface area contributed by atoms with Crippen LogP contribution >= 0.6 is 0 Å². The Labute approximate surface area is 122 Å².